The molecule has 0 bridgehead atoms. The normalized spacial score (nSPS) is 15.7. The van der Waals surface area contributed by atoms with E-state index in [4.69, 9.17) is 4.52 Å². The van der Waals surface area contributed by atoms with E-state index in [9.17, 15) is 8.42 Å². The molecule has 0 amide bonds. The Bertz CT molecular complexity index is 709. The number of hydrogen-bond donors (Lipinski definition) is 1. The first-order valence-corrected chi connectivity index (χ1v) is 8.70. The summed E-state index contributed by atoms with van der Waals surface area (Å²) < 4.78 is 31.9. The van der Waals surface area contributed by atoms with Gasteiger partial charge in [0.2, 0.25) is 10.0 Å². The molecule has 2 heterocycles. The van der Waals surface area contributed by atoms with Crippen LogP contribution in [0.25, 0.3) is 0 Å². The number of aryl methyl sites for hydroxylation is 2. The van der Waals surface area contributed by atoms with Crippen molar-refractivity contribution in [1.82, 2.24) is 14.9 Å². The minimum atomic E-state index is -3.61. The molecule has 1 aliphatic carbocycles. The van der Waals surface area contributed by atoms with Crippen LogP contribution in [0.15, 0.2) is 14.8 Å². The maximum absolute atomic E-state index is 12.2. The fraction of sp³-hybridized carbons (Fsp3) is 0.500. The van der Waals surface area contributed by atoms with Gasteiger partial charge in [-0.15, -0.1) is 11.3 Å². The van der Waals surface area contributed by atoms with E-state index in [0.717, 1.165) is 10.7 Å². The zero-order chi connectivity index (χ0) is 14.3. The largest absolute Gasteiger partial charge is 0.360 e. The smallest absolute Gasteiger partial charge is 0.246 e. The third-order valence-corrected chi connectivity index (χ3v) is 5.88. The molecule has 2 aromatic heterocycles. The van der Waals surface area contributed by atoms with Crippen LogP contribution in [0.3, 0.4) is 0 Å². The van der Waals surface area contributed by atoms with E-state index in [0.29, 0.717) is 17.4 Å². The van der Waals surface area contributed by atoms with Crippen molar-refractivity contribution in [1.29, 1.82) is 0 Å². The summed E-state index contributed by atoms with van der Waals surface area (Å²) in [5.41, 5.74) is 1.12. The van der Waals surface area contributed by atoms with Gasteiger partial charge in [0.1, 0.15) is 10.6 Å². The molecule has 108 valence electrons. The molecule has 0 unspecified atom stereocenters. The van der Waals surface area contributed by atoms with E-state index in [1.807, 2.05) is 5.38 Å². The van der Waals surface area contributed by atoms with Gasteiger partial charge in [-0.1, -0.05) is 5.16 Å². The minimum absolute atomic E-state index is 0.121. The third-order valence-electron chi connectivity index (χ3n) is 3.18. The third kappa shape index (κ3) is 2.63. The summed E-state index contributed by atoms with van der Waals surface area (Å²) in [5, 5.41) is 6.68. The van der Waals surface area contributed by atoms with Gasteiger partial charge in [-0.2, -0.15) is 0 Å². The summed E-state index contributed by atoms with van der Waals surface area (Å²) in [5.74, 6) is 0.889. The monoisotopic (exact) mass is 313 g/mol. The van der Waals surface area contributed by atoms with E-state index in [1.54, 1.807) is 25.2 Å². The number of nitrogens with one attached hydrogen (secondary N) is 1. The fourth-order valence-electron chi connectivity index (χ4n) is 2.02. The SMILES string of the molecule is Cc1noc(C)c1S(=O)(=O)NCc1csc(C2CC2)n1. The van der Waals surface area contributed by atoms with Gasteiger partial charge in [0.15, 0.2) is 5.76 Å². The van der Waals surface area contributed by atoms with Crippen LogP contribution < -0.4 is 4.72 Å². The van der Waals surface area contributed by atoms with Gasteiger partial charge < -0.3 is 4.52 Å². The van der Waals surface area contributed by atoms with E-state index in [2.05, 4.69) is 14.9 Å². The van der Waals surface area contributed by atoms with Crippen molar-refractivity contribution in [2.75, 3.05) is 0 Å². The van der Waals surface area contributed by atoms with Crippen molar-refractivity contribution in [2.24, 2.45) is 0 Å². The molecule has 1 saturated carbocycles. The predicted octanol–water partition coefficient (Wildman–Crippen LogP) is 2.10. The van der Waals surface area contributed by atoms with Gasteiger partial charge >= 0.3 is 0 Å². The molecule has 1 fully saturated rings. The average Bonchev–Trinajstić information content (AvgIpc) is 3.03. The Morgan fingerprint density at radius 2 is 2.20 bits per heavy atom. The van der Waals surface area contributed by atoms with Gasteiger partial charge in [-0.05, 0) is 26.7 Å². The van der Waals surface area contributed by atoms with Crippen LogP contribution in [0.5, 0.6) is 0 Å². The molecule has 20 heavy (non-hydrogen) atoms. The lowest BCUT2D eigenvalue weighted by molar-refractivity contribution is 0.390. The van der Waals surface area contributed by atoms with Crippen LogP contribution in [0.4, 0.5) is 0 Å². The van der Waals surface area contributed by atoms with Crippen LogP contribution in [-0.2, 0) is 16.6 Å². The highest BCUT2D eigenvalue weighted by molar-refractivity contribution is 7.89. The molecule has 1 aliphatic rings. The van der Waals surface area contributed by atoms with Crippen molar-refractivity contribution < 1.29 is 12.9 Å². The van der Waals surface area contributed by atoms with Gasteiger partial charge in [0.05, 0.1) is 17.2 Å². The van der Waals surface area contributed by atoms with E-state index in [-0.39, 0.29) is 11.4 Å². The van der Waals surface area contributed by atoms with Crippen LogP contribution in [0, 0.1) is 13.8 Å². The molecule has 0 aliphatic heterocycles. The summed E-state index contributed by atoms with van der Waals surface area (Å²) >= 11 is 1.60. The first kappa shape index (κ1) is 13.7. The molecule has 6 nitrogen and oxygen atoms in total. The summed E-state index contributed by atoms with van der Waals surface area (Å²) in [6.45, 7) is 3.39. The average molecular weight is 313 g/mol. The standard InChI is InChI=1S/C12H15N3O3S2/c1-7-11(8(2)18-15-7)20(16,17)13-5-10-6-19-12(14-10)9-3-4-9/h6,9,13H,3-5H2,1-2H3. The molecule has 0 saturated heterocycles. The first-order chi connectivity index (χ1) is 9.47. The molecule has 0 spiro atoms. The Labute approximate surface area is 121 Å². The van der Waals surface area contributed by atoms with E-state index in [1.165, 1.54) is 12.8 Å². The lowest BCUT2D eigenvalue weighted by Crippen LogP contribution is -2.24. The van der Waals surface area contributed by atoms with Crippen LogP contribution in [0.1, 0.15) is 40.9 Å². The topological polar surface area (TPSA) is 85.1 Å². The van der Waals surface area contributed by atoms with Gasteiger partial charge in [-0.25, -0.2) is 18.1 Å². The Morgan fingerprint density at radius 3 is 2.80 bits per heavy atom. The summed E-state index contributed by atoms with van der Waals surface area (Å²) in [7, 11) is -3.61. The minimum Gasteiger partial charge on any atom is -0.360 e. The molecule has 0 radical (unpaired) electrons. The van der Waals surface area contributed by atoms with Gasteiger partial charge in [-0.3, -0.25) is 0 Å². The highest BCUT2D eigenvalue weighted by Gasteiger charge is 2.27. The van der Waals surface area contributed by atoms with E-state index >= 15 is 0 Å². The second kappa shape index (κ2) is 4.94. The second-order valence-electron chi connectivity index (χ2n) is 4.93. The highest BCUT2D eigenvalue weighted by atomic mass is 32.2. The summed E-state index contributed by atoms with van der Waals surface area (Å²) in [6, 6.07) is 0. The quantitative estimate of drug-likeness (QED) is 0.913. The Morgan fingerprint density at radius 1 is 1.45 bits per heavy atom. The zero-order valence-corrected chi connectivity index (χ0v) is 12.8. The Hall–Kier alpha value is -1.25. The molecule has 2 aromatic rings. The van der Waals surface area contributed by atoms with Crippen LogP contribution in [0.2, 0.25) is 0 Å². The molecule has 0 atom stereocenters. The number of nitrogens with zero attached hydrogens (tertiary/aromatic N) is 2. The lowest BCUT2D eigenvalue weighted by atomic mass is 10.4. The molecular weight excluding hydrogens is 298 g/mol. The number of rotatable bonds is 5. The molecule has 3 rings (SSSR count). The van der Waals surface area contributed by atoms with Gasteiger partial charge in [0.25, 0.3) is 0 Å². The van der Waals surface area contributed by atoms with E-state index < -0.39 is 10.0 Å². The maximum Gasteiger partial charge on any atom is 0.246 e. The maximum atomic E-state index is 12.2. The number of aromatic nitrogens is 2. The van der Waals surface area contributed by atoms with Crippen molar-refractivity contribution in [3.8, 4) is 0 Å². The summed E-state index contributed by atoms with van der Waals surface area (Å²) in [4.78, 5) is 4.57. The first-order valence-electron chi connectivity index (χ1n) is 6.34. The second-order valence-corrected chi connectivity index (χ2v) is 7.52. The van der Waals surface area contributed by atoms with Crippen molar-refractivity contribution in [2.45, 2.75) is 44.0 Å². The number of sulfonamides is 1. The Kier molecular flexibility index (Phi) is 3.39. The van der Waals surface area contributed by atoms with Crippen LogP contribution >= 0.6 is 11.3 Å². The fourth-order valence-corrected chi connectivity index (χ4v) is 4.34. The lowest BCUT2D eigenvalue weighted by Gasteiger charge is -2.04. The molecular formula is C12H15N3O3S2. The Balaban J connectivity index is 1.73. The molecule has 8 heteroatoms. The van der Waals surface area contributed by atoms with Crippen molar-refractivity contribution in [3.05, 3.63) is 27.5 Å². The zero-order valence-electron chi connectivity index (χ0n) is 11.2. The summed E-state index contributed by atoms with van der Waals surface area (Å²) in [6.07, 6.45) is 2.38. The number of hydrogen-bond acceptors (Lipinski definition) is 6. The van der Waals surface area contributed by atoms with Gasteiger partial charge in [0, 0.05) is 11.3 Å². The molecule has 1 N–H and O–H groups in total. The molecule has 0 aromatic carbocycles. The van der Waals surface area contributed by atoms with Crippen LogP contribution in [-0.4, -0.2) is 18.6 Å². The highest BCUT2D eigenvalue weighted by Crippen LogP contribution is 2.41. The number of thiazole rings is 1. The van der Waals surface area contributed by atoms with Crippen molar-refractivity contribution >= 4 is 21.4 Å². The van der Waals surface area contributed by atoms with Crippen molar-refractivity contribution in [3.63, 3.8) is 0 Å². The predicted molar refractivity (Wildman–Crippen MR) is 74.1 cm³/mol.